The van der Waals surface area contributed by atoms with E-state index in [1.54, 1.807) is 0 Å². The van der Waals surface area contributed by atoms with E-state index in [-0.39, 0.29) is 28.4 Å². The fraction of sp³-hybridized carbons (Fsp3) is 0.250. The molecule has 0 radical (unpaired) electrons. The molecule has 134 valence electrons. The van der Waals surface area contributed by atoms with Crippen LogP contribution in [0.5, 0.6) is 0 Å². The number of hydrogen-bond acceptors (Lipinski definition) is 4. The van der Waals surface area contributed by atoms with Crippen LogP contribution in [-0.4, -0.2) is 39.5 Å². The molecule has 0 amide bonds. The summed E-state index contributed by atoms with van der Waals surface area (Å²) in [7, 11) is -7.49. The quantitative estimate of drug-likeness (QED) is 0.786. The SMILES string of the molecule is Cc1cc(F)ccc1S(=O)(=O)N1CC(S(=O)(=O)c2ccc(Cl)cc2)C1. The molecular formula is C16H15ClFNO4S2. The van der Waals surface area contributed by atoms with Crippen molar-refractivity contribution < 1.29 is 21.2 Å². The summed E-state index contributed by atoms with van der Waals surface area (Å²) in [6, 6.07) is 9.15. The van der Waals surface area contributed by atoms with Crippen LogP contribution >= 0.6 is 11.6 Å². The van der Waals surface area contributed by atoms with Gasteiger partial charge in [-0.3, -0.25) is 0 Å². The third-order valence-electron chi connectivity index (χ3n) is 4.15. The first-order valence-corrected chi connectivity index (χ1v) is 10.7. The van der Waals surface area contributed by atoms with Gasteiger partial charge in [-0.25, -0.2) is 21.2 Å². The summed E-state index contributed by atoms with van der Waals surface area (Å²) < 4.78 is 64.5. The summed E-state index contributed by atoms with van der Waals surface area (Å²) >= 11 is 5.76. The Morgan fingerprint density at radius 2 is 1.64 bits per heavy atom. The summed E-state index contributed by atoms with van der Waals surface area (Å²) in [5.41, 5.74) is 0.281. The molecule has 1 heterocycles. The molecule has 2 aromatic carbocycles. The predicted octanol–water partition coefficient (Wildman–Crippen LogP) is 2.63. The summed E-state index contributed by atoms with van der Waals surface area (Å²) in [4.78, 5) is 0.0909. The minimum Gasteiger partial charge on any atom is -0.223 e. The van der Waals surface area contributed by atoms with E-state index in [2.05, 4.69) is 0 Å². The second kappa shape index (κ2) is 6.35. The average Bonchev–Trinajstić information content (AvgIpc) is 2.44. The Kier molecular flexibility index (Phi) is 4.65. The first-order chi connectivity index (χ1) is 11.6. The molecule has 0 saturated carbocycles. The number of nitrogens with zero attached hydrogens (tertiary/aromatic N) is 1. The molecule has 0 N–H and O–H groups in total. The zero-order valence-corrected chi connectivity index (χ0v) is 15.6. The predicted molar refractivity (Wildman–Crippen MR) is 92.3 cm³/mol. The van der Waals surface area contributed by atoms with Gasteiger partial charge in [0.2, 0.25) is 10.0 Å². The van der Waals surface area contributed by atoms with Crippen LogP contribution in [0, 0.1) is 12.7 Å². The van der Waals surface area contributed by atoms with Crippen molar-refractivity contribution in [2.24, 2.45) is 0 Å². The van der Waals surface area contributed by atoms with Crippen molar-refractivity contribution in [3.05, 3.63) is 58.9 Å². The van der Waals surface area contributed by atoms with Crippen molar-refractivity contribution in [1.82, 2.24) is 4.31 Å². The van der Waals surface area contributed by atoms with Gasteiger partial charge >= 0.3 is 0 Å². The van der Waals surface area contributed by atoms with Gasteiger partial charge in [-0.05, 0) is 55.0 Å². The van der Waals surface area contributed by atoms with Gasteiger partial charge < -0.3 is 0 Å². The van der Waals surface area contributed by atoms with Gasteiger partial charge in [-0.15, -0.1) is 0 Å². The Hall–Kier alpha value is -1.48. The molecule has 1 aliphatic rings. The normalized spacial score (nSPS) is 16.6. The lowest BCUT2D eigenvalue weighted by atomic mass is 10.2. The number of sulfone groups is 1. The molecular weight excluding hydrogens is 389 g/mol. The zero-order valence-electron chi connectivity index (χ0n) is 13.2. The van der Waals surface area contributed by atoms with Crippen LogP contribution in [0.2, 0.25) is 5.02 Å². The second-order valence-corrected chi connectivity index (χ2v) is 10.4. The second-order valence-electron chi connectivity index (χ2n) is 5.85. The molecule has 0 unspecified atom stereocenters. The highest BCUT2D eigenvalue weighted by molar-refractivity contribution is 7.92. The van der Waals surface area contributed by atoms with E-state index in [0.29, 0.717) is 5.02 Å². The highest BCUT2D eigenvalue weighted by atomic mass is 35.5. The van der Waals surface area contributed by atoms with Gasteiger partial charge in [0.25, 0.3) is 0 Å². The molecule has 0 aliphatic carbocycles. The Balaban J connectivity index is 1.80. The van der Waals surface area contributed by atoms with Gasteiger partial charge in [0, 0.05) is 18.1 Å². The summed E-state index contributed by atoms with van der Waals surface area (Å²) in [6.07, 6.45) is 0. The fourth-order valence-corrected chi connectivity index (χ4v) is 6.36. The molecule has 1 fully saturated rings. The first-order valence-electron chi connectivity index (χ1n) is 7.38. The Morgan fingerprint density at radius 1 is 1.04 bits per heavy atom. The number of hydrogen-bond donors (Lipinski definition) is 0. The van der Waals surface area contributed by atoms with Crippen LogP contribution in [0.4, 0.5) is 4.39 Å². The molecule has 2 aromatic rings. The summed E-state index contributed by atoms with van der Waals surface area (Å²) in [5.74, 6) is -0.525. The number of sulfonamides is 1. The summed E-state index contributed by atoms with van der Waals surface area (Å²) in [5, 5.41) is -0.396. The minimum absolute atomic E-state index is 0.0174. The van der Waals surface area contributed by atoms with Gasteiger partial charge in [0.15, 0.2) is 9.84 Å². The van der Waals surface area contributed by atoms with Crippen molar-refractivity contribution in [3.8, 4) is 0 Å². The van der Waals surface area contributed by atoms with Crippen molar-refractivity contribution in [2.45, 2.75) is 22.0 Å². The fourth-order valence-electron chi connectivity index (χ4n) is 2.65. The summed E-state index contributed by atoms with van der Waals surface area (Å²) in [6.45, 7) is 1.23. The number of benzene rings is 2. The first kappa shape index (κ1) is 18.3. The van der Waals surface area contributed by atoms with Gasteiger partial charge in [0.05, 0.1) is 15.0 Å². The van der Waals surface area contributed by atoms with E-state index in [9.17, 15) is 21.2 Å². The van der Waals surface area contributed by atoms with Crippen LogP contribution in [0.3, 0.4) is 0 Å². The molecule has 1 saturated heterocycles. The Bertz CT molecular complexity index is 1010. The largest absolute Gasteiger partial charge is 0.243 e. The molecule has 0 aromatic heterocycles. The van der Waals surface area contributed by atoms with E-state index in [1.807, 2.05) is 0 Å². The van der Waals surface area contributed by atoms with Gasteiger partial charge in [-0.2, -0.15) is 4.31 Å². The topological polar surface area (TPSA) is 71.5 Å². The van der Waals surface area contributed by atoms with Crippen molar-refractivity contribution >= 4 is 31.5 Å². The maximum absolute atomic E-state index is 13.2. The average molecular weight is 404 g/mol. The molecule has 3 rings (SSSR count). The lowest BCUT2D eigenvalue weighted by molar-refractivity contribution is 0.309. The third-order valence-corrected chi connectivity index (χ3v) is 8.50. The Morgan fingerprint density at radius 3 is 2.20 bits per heavy atom. The van der Waals surface area contributed by atoms with Crippen LogP contribution in [0.15, 0.2) is 52.3 Å². The lowest BCUT2D eigenvalue weighted by Crippen LogP contribution is -2.56. The molecule has 9 heteroatoms. The molecule has 0 atom stereocenters. The molecule has 0 bridgehead atoms. The molecule has 25 heavy (non-hydrogen) atoms. The minimum atomic E-state index is -3.85. The van der Waals surface area contributed by atoms with Gasteiger partial charge in [-0.1, -0.05) is 11.6 Å². The van der Waals surface area contributed by atoms with Crippen LogP contribution in [0.25, 0.3) is 0 Å². The third kappa shape index (κ3) is 3.31. The number of halogens is 2. The standard InChI is InChI=1S/C16H15ClFNO4S2/c1-11-8-13(18)4-7-16(11)25(22,23)19-9-15(10-19)24(20,21)14-5-2-12(17)3-6-14/h2-8,15H,9-10H2,1H3. The molecule has 0 spiro atoms. The van der Waals surface area contributed by atoms with E-state index >= 15 is 0 Å². The highest BCUT2D eigenvalue weighted by Gasteiger charge is 2.44. The lowest BCUT2D eigenvalue weighted by Gasteiger charge is -2.37. The van der Waals surface area contributed by atoms with Crippen LogP contribution in [-0.2, 0) is 19.9 Å². The maximum Gasteiger partial charge on any atom is 0.243 e. The van der Waals surface area contributed by atoms with E-state index in [1.165, 1.54) is 37.3 Å². The van der Waals surface area contributed by atoms with Crippen LogP contribution in [0.1, 0.15) is 5.56 Å². The van der Waals surface area contributed by atoms with Gasteiger partial charge in [0.1, 0.15) is 5.82 Å². The van der Waals surface area contributed by atoms with Crippen LogP contribution < -0.4 is 0 Å². The van der Waals surface area contributed by atoms with Crippen molar-refractivity contribution in [3.63, 3.8) is 0 Å². The number of rotatable bonds is 4. The monoisotopic (exact) mass is 403 g/mol. The molecule has 5 nitrogen and oxygen atoms in total. The Labute approximate surface area is 151 Å². The van der Waals surface area contributed by atoms with Crippen molar-refractivity contribution in [2.75, 3.05) is 13.1 Å². The van der Waals surface area contributed by atoms with E-state index < -0.39 is 30.9 Å². The number of aryl methyl sites for hydroxylation is 1. The maximum atomic E-state index is 13.2. The zero-order chi connectivity index (χ0) is 18.4. The van der Waals surface area contributed by atoms with E-state index in [4.69, 9.17) is 11.6 Å². The smallest absolute Gasteiger partial charge is 0.223 e. The van der Waals surface area contributed by atoms with E-state index in [0.717, 1.165) is 16.4 Å². The highest BCUT2D eigenvalue weighted by Crippen LogP contribution is 2.30. The molecule has 1 aliphatic heterocycles. The van der Waals surface area contributed by atoms with Crippen molar-refractivity contribution in [1.29, 1.82) is 0 Å².